The van der Waals surface area contributed by atoms with Gasteiger partial charge < -0.3 is 19.9 Å². The number of aliphatic imine (C=N–C) groups is 1. The summed E-state index contributed by atoms with van der Waals surface area (Å²) in [5, 5.41) is 3.49. The van der Waals surface area contributed by atoms with Gasteiger partial charge in [0.1, 0.15) is 6.10 Å². The number of likely N-dealkylation sites (N-methyl/N-ethyl adjacent to an activating group) is 1. The fourth-order valence-corrected chi connectivity index (χ4v) is 4.04. The molecule has 0 aromatic heterocycles. The molecule has 0 amide bonds. The van der Waals surface area contributed by atoms with Gasteiger partial charge in [-0.2, -0.15) is 0 Å². The van der Waals surface area contributed by atoms with E-state index in [-0.39, 0.29) is 30.1 Å². The van der Waals surface area contributed by atoms with Crippen molar-refractivity contribution in [2.24, 2.45) is 4.99 Å². The summed E-state index contributed by atoms with van der Waals surface area (Å²) in [5.74, 6) is 1.03. The fraction of sp³-hybridized carbons (Fsp3) is 0.667. The van der Waals surface area contributed by atoms with Crippen molar-refractivity contribution in [1.29, 1.82) is 0 Å². The quantitative estimate of drug-likeness (QED) is 0.403. The third-order valence-corrected chi connectivity index (χ3v) is 5.60. The maximum absolute atomic E-state index is 6.11. The van der Waals surface area contributed by atoms with Gasteiger partial charge in [0.15, 0.2) is 5.96 Å². The highest BCUT2D eigenvalue weighted by atomic mass is 127. The summed E-state index contributed by atoms with van der Waals surface area (Å²) in [6.07, 6.45) is 2.66. The zero-order chi connectivity index (χ0) is 18.5. The maximum Gasteiger partial charge on any atom is 0.194 e. The van der Waals surface area contributed by atoms with E-state index < -0.39 is 0 Å². The Labute approximate surface area is 181 Å². The van der Waals surface area contributed by atoms with E-state index in [9.17, 15) is 0 Å². The van der Waals surface area contributed by atoms with Crippen LogP contribution in [-0.2, 0) is 4.74 Å². The molecule has 2 heterocycles. The van der Waals surface area contributed by atoms with Crippen LogP contribution in [0.5, 0.6) is 0 Å². The zero-order valence-electron chi connectivity index (χ0n) is 17.2. The van der Waals surface area contributed by atoms with Crippen LogP contribution >= 0.6 is 24.0 Å². The Kier molecular flexibility index (Phi) is 8.82. The van der Waals surface area contributed by atoms with Crippen molar-refractivity contribution in [3.8, 4) is 0 Å². The van der Waals surface area contributed by atoms with Crippen LogP contribution in [0.15, 0.2) is 23.2 Å². The smallest absolute Gasteiger partial charge is 0.194 e. The summed E-state index contributed by atoms with van der Waals surface area (Å²) in [4.78, 5) is 9.77. The highest BCUT2D eigenvalue weighted by Crippen LogP contribution is 2.26. The predicted molar refractivity (Wildman–Crippen MR) is 123 cm³/mol. The standard InChI is InChI=1S/C21H34N4O.HI/c1-5-22-21(23-14-18-7-6-10-24(18)4)25-11-12-26-20(15-25)19-9-8-16(2)13-17(19)3;/h8-9,13,18,20H,5-7,10-12,14-15H2,1-4H3,(H,22,23);1H. The van der Waals surface area contributed by atoms with Gasteiger partial charge in [-0.05, 0) is 58.3 Å². The number of nitrogens with zero attached hydrogens (tertiary/aromatic N) is 3. The van der Waals surface area contributed by atoms with E-state index in [1.807, 2.05) is 0 Å². The monoisotopic (exact) mass is 486 g/mol. The number of nitrogens with one attached hydrogen (secondary N) is 1. The molecule has 5 nitrogen and oxygen atoms in total. The normalized spacial score (nSPS) is 24.0. The molecule has 2 aliphatic heterocycles. The number of morpholine rings is 1. The molecular weight excluding hydrogens is 451 g/mol. The van der Waals surface area contributed by atoms with E-state index in [1.54, 1.807) is 0 Å². The molecule has 2 fully saturated rings. The number of halogens is 1. The lowest BCUT2D eigenvalue weighted by Crippen LogP contribution is -2.48. The van der Waals surface area contributed by atoms with E-state index in [0.717, 1.165) is 38.7 Å². The molecule has 0 aliphatic carbocycles. The van der Waals surface area contributed by atoms with Gasteiger partial charge in [0.2, 0.25) is 0 Å². The second-order valence-electron chi connectivity index (χ2n) is 7.64. The highest BCUT2D eigenvalue weighted by molar-refractivity contribution is 14.0. The number of aryl methyl sites for hydroxylation is 2. The minimum absolute atomic E-state index is 0. The number of rotatable bonds is 4. The lowest BCUT2D eigenvalue weighted by Gasteiger charge is -2.36. The average molecular weight is 486 g/mol. The van der Waals surface area contributed by atoms with Crippen molar-refractivity contribution < 1.29 is 4.74 Å². The summed E-state index contributed by atoms with van der Waals surface area (Å²) in [7, 11) is 2.21. The van der Waals surface area contributed by atoms with Gasteiger partial charge in [0.25, 0.3) is 0 Å². The molecule has 0 radical (unpaired) electrons. The third-order valence-electron chi connectivity index (χ3n) is 5.60. The van der Waals surface area contributed by atoms with Crippen LogP contribution in [0.25, 0.3) is 0 Å². The number of hydrogen-bond acceptors (Lipinski definition) is 3. The topological polar surface area (TPSA) is 40.1 Å². The fourth-order valence-electron chi connectivity index (χ4n) is 4.04. The van der Waals surface area contributed by atoms with Crippen LogP contribution in [0, 0.1) is 13.8 Å². The molecule has 2 saturated heterocycles. The molecule has 152 valence electrons. The molecule has 3 rings (SSSR count). The van der Waals surface area contributed by atoms with Gasteiger partial charge in [-0.1, -0.05) is 23.8 Å². The van der Waals surface area contributed by atoms with Gasteiger partial charge in [0, 0.05) is 19.1 Å². The Hall–Kier alpha value is -0.860. The molecule has 1 aromatic carbocycles. The Morgan fingerprint density at radius 1 is 1.30 bits per heavy atom. The van der Waals surface area contributed by atoms with Gasteiger partial charge in [-0.3, -0.25) is 4.99 Å². The number of benzene rings is 1. The lowest BCUT2D eigenvalue weighted by molar-refractivity contribution is -0.00836. The zero-order valence-corrected chi connectivity index (χ0v) is 19.5. The largest absolute Gasteiger partial charge is 0.370 e. The first-order chi connectivity index (χ1) is 12.6. The lowest BCUT2D eigenvalue weighted by atomic mass is 10.00. The third kappa shape index (κ3) is 5.81. The van der Waals surface area contributed by atoms with Crippen LogP contribution in [0.3, 0.4) is 0 Å². The Morgan fingerprint density at radius 3 is 2.78 bits per heavy atom. The Bertz CT molecular complexity index is 637. The Balaban J connectivity index is 0.00000261. The number of ether oxygens (including phenoxy) is 1. The second kappa shape index (κ2) is 10.6. The van der Waals surface area contributed by atoms with Gasteiger partial charge in [0.05, 0.1) is 19.7 Å². The van der Waals surface area contributed by atoms with E-state index in [0.29, 0.717) is 6.04 Å². The van der Waals surface area contributed by atoms with Crippen LogP contribution < -0.4 is 5.32 Å². The Morgan fingerprint density at radius 2 is 2.11 bits per heavy atom. The molecule has 27 heavy (non-hydrogen) atoms. The van der Waals surface area contributed by atoms with Crippen molar-refractivity contribution in [2.75, 3.05) is 46.4 Å². The minimum Gasteiger partial charge on any atom is -0.370 e. The average Bonchev–Trinajstić information content (AvgIpc) is 3.04. The molecule has 2 aliphatic rings. The number of hydrogen-bond donors (Lipinski definition) is 1. The predicted octanol–water partition coefficient (Wildman–Crippen LogP) is 3.35. The van der Waals surface area contributed by atoms with Gasteiger partial charge >= 0.3 is 0 Å². The van der Waals surface area contributed by atoms with Crippen molar-refractivity contribution in [3.05, 3.63) is 34.9 Å². The van der Waals surface area contributed by atoms with Crippen molar-refractivity contribution in [1.82, 2.24) is 15.1 Å². The van der Waals surface area contributed by atoms with Crippen LogP contribution in [0.4, 0.5) is 0 Å². The minimum atomic E-state index is 0. The molecule has 1 N–H and O–H groups in total. The molecule has 2 unspecified atom stereocenters. The summed E-state index contributed by atoms with van der Waals surface area (Å²) < 4.78 is 6.11. The molecule has 6 heteroatoms. The van der Waals surface area contributed by atoms with Crippen LogP contribution in [0.2, 0.25) is 0 Å². The highest BCUT2D eigenvalue weighted by Gasteiger charge is 2.26. The van der Waals surface area contributed by atoms with Crippen molar-refractivity contribution in [3.63, 3.8) is 0 Å². The van der Waals surface area contributed by atoms with Crippen LogP contribution in [0.1, 0.15) is 42.6 Å². The first-order valence-electron chi connectivity index (χ1n) is 10.0. The van der Waals surface area contributed by atoms with Gasteiger partial charge in [-0.25, -0.2) is 0 Å². The summed E-state index contributed by atoms with van der Waals surface area (Å²) >= 11 is 0. The molecule has 1 aromatic rings. The first-order valence-corrected chi connectivity index (χ1v) is 10.0. The van der Waals surface area contributed by atoms with E-state index in [2.05, 4.69) is 61.1 Å². The van der Waals surface area contributed by atoms with E-state index in [4.69, 9.17) is 9.73 Å². The maximum atomic E-state index is 6.11. The number of guanidine groups is 1. The number of likely N-dealkylation sites (tertiary alicyclic amines) is 1. The molecule has 0 saturated carbocycles. The van der Waals surface area contributed by atoms with E-state index >= 15 is 0 Å². The van der Waals surface area contributed by atoms with Crippen molar-refractivity contribution >= 4 is 29.9 Å². The SMILES string of the molecule is CCNC(=NCC1CCCN1C)N1CCOC(c2ccc(C)cc2C)C1.I. The van der Waals surface area contributed by atoms with E-state index in [1.165, 1.54) is 36.1 Å². The summed E-state index contributed by atoms with van der Waals surface area (Å²) in [6.45, 7) is 11.9. The summed E-state index contributed by atoms with van der Waals surface area (Å²) in [5.41, 5.74) is 3.91. The molecule has 2 atom stereocenters. The van der Waals surface area contributed by atoms with Crippen LogP contribution in [-0.4, -0.2) is 68.2 Å². The molecule has 0 bridgehead atoms. The van der Waals surface area contributed by atoms with Gasteiger partial charge in [-0.15, -0.1) is 24.0 Å². The molecule has 0 spiro atoms. The first kappa shape index (κ1) is 22.4. The summed E-state index contributed by atoms with van der Waals surface area (Å²) in [6, 6.07) is 7.23. The second-order valence-corrected chi connectivity index (χ2v) is 7.64. The van der Waals surface area contributed by atoms with Crippen molar-refractivity contribution in [2.45, 2.75) is 45.8 Å². The molecular formula is C21H35IN4O.